The lowest BCUT2D eigenvalue weighted by Gasteiger charge is -2.28. The van der Waals surface area contributed by atoms with Crippen LogP contribution in [-0.4, -0.2) is 0 Å². The predicted octanol–water partition coefficient (Wildman–Crippen LogP) is 17.4. The molecule has 3 nitrogen and oxygen atoms in total. The van der Waals surface area contributed by atoms with Crippen molar-refractivity contribution in [3.05, 3.63) is 224 Å². The third-order valence-electron chi connectivity index (χ3n) is 12.9. The molecule has 0 unspecified atom stereocenters. The van der Waals surface area contributed by atoms with Crippen molar-refractivity contribution < 1.29 is 8.83 Å². The normalized spacial score (nSPS) is 11.8. The lowest BCUT2D eigenvalue weighted by molar-refractivity contribution is 0.669. The summed E-state index contributed by atoms with van der Waals surface area (Å²) in [5.74, 6) is 0. The average Bonchev–Trinajstić information content (AvgIpc) is 3.94. The van der Waals surface area contributed by atoms with E-state index in [1.165, 1.54) is 32.3 Å². The number of benzene rings is 11. The van der Waals surface area contributed by atoms with Crippen LogP contribution in [0.1, 0.15) is 0 Å². The molecule has 0 atom stereocenters. The van der Waals surface area contributed by atoms with Gasteiger partial charge in [-0.1, -0.05) is 182 Å². The van der Waals surface area contributed by atoms with Gasteiger partial charge < -0.3 is 13.7 Å². The lowest BCUT2D eigenvalue weighted by Crippen LogP contribution is -2.11. The van der Waals surface area contributed by atoms with Crippen LogP contribution < -0.4 is 4.90 Å². The van der Waals surface area contributed by atoms with E-state index in [0.29, 0.717) is 0 Å². The molecule has 0 amide bonds. The number of furan rings is 2. The van der Waals surface area contributed by atoms with E-state index >= 15 is 0 Å². The quantitative estimate of drug-likeness (QED) is 0.157. The highest BCUT2D eigenvalue weighted by atomic mass is 16.3. The summed E-state index contributed by atoms with van der Waals surface area (Å²) in [6.45, 7) is 0. The molecule has 2 heterocycles. The molecule has 63 heavy (non-hydrogen) atoms. The van der Waals surface area contributed by atoms with Crippen molar-refractivity contribution in [2.24, 2.45) is 0 Å². The predicted molar refractivity (Wildman–Crippen MR) is 265 cm³/mol. The summed E-state index contributed by atoms with van der Waals surface area (Å²) >= 11 is 0. The van der Waals surface area contributed by atoms with Gasteiger partial charge in [-0.25, -0.2) is 0 Å². The van der Waals surface area contributed by atoms with Gasteiger partial charge in [0.25, 0.3) is 0 Å². The Morgan fingerprint density at radius 2 is 0.873 bits per heavy atom. The fourth-order valence-electron chi connectivity index (χ4n) is 10.0. The number of anilines is 3. The van der Waals surface area contributed by atoms with E-state index in [4.69, 9.17) is 8.83 Å². The summed E-state index contributed by atoms with van der Waals surface area (Å²) in [5.41, 5.74) is 13.4. The number of fused-ring (bicyclic) bond motifs is 10. The van der Waals surface area contributed by atoms with E-state index < -0.39 is 0 Å². The van der Waals surface area contributed by atoms with Crippen LogP contribution in [0.3, 0.4) is 0 Å². The second kappa shape index (κ2) is 14.1. The Hall–Kier alpha value is -8.40. The highest BCUT2D eigenvalue weighted by Gasteiger charge is 2.25. The molecule has 0 bridgehead atoms. The Bertz CT molecular complexity index is 3910. The molecule has 13 aromatic rings. The molecule has 0 aliphatic carbocycles. The minimum Gasteiger partial charge on any atom is -0.455 e. The van der Waals surface area contributed by atoms with Crippen molar-refractivity contribution in [2.75, 3.05) is 4.90 Å². The number of rotatable bonds is 6. The first kappa shape index (κ1) is 35.4. The summed E-state index contributed by atoms with van der Waals surface area (Å²) in [4.78, 5) is 2.43. The first-order valence-corrected chi connectivity index (χ1v) is 21.5. The third kappa shape index (κ3) is 5.53. The summed E-state index contributed by atoms with van der Waals surface area (Å²) in [6.07, 6.45) is 0. The summed E-state index contributed by atoms with van der Waals surface area (Å²) in [7, 11) is 0. The van der Waals surface area contributed by atoms with Gasteiger partial charge in [-0.2, -0.15) is 0 Å². The van der Waals surface area contributed by atoms with Gasteiger partial charge in [-0.3, -0.25) is 0 Å². The fraction of sp³-hybridized carbons (Fsp3) is 0. The van der Waals surface area contributed by atoms with Crippen molar-refractivity contribution >= 4 is 93.3 Å². The number of nitrogens with zero attached hydrogens (tertiary/aromatic N) is 1. The summed E-state index contributed by atoms with van der Waals surface area (Å²) < 4.78 is 13.6. The van der Waals surface area contributed by atoms with Crippen molar-refractivity contribution in [2.45, 2.75) is 0 Å². The lowest BCUT2D eigenvalue weighted by atomic mass is 9.95. The zero-order valence-corrected chi connectivity index (χ0v) is 34.1. The van der Waals surface area contributed by atoms with Gasteiger partial charge >= 0.3 is 0 Å². The van der Waals surface area contributed by atoms with E-state index in [1.54, 1.807) is 0 Å². The molecule has 294 valence electrons. The van der Waals surface area contributed by atoms with Crippen molar-refractivity contribution in [1.29, 1.82) is 0 Å². The molecular formula is C60H37NO2. The van der Waals surface area contributed by atoms with Crippen molar-refractivity contribution in [3.63, 3.8) is 0 Å². The maximum Gasteiger partial charge on any atom is 0.145 e. The van der Waals surface area contributed by atoms with Gasteiger partial charge in [-0.15, -0.1) is 0 Å². The summed E-state index contributed by atoms with van der Waals surface area (Å²) in [6, 6.07) is 80.3. The first-order chi connectivity index (χ1) is 31.3. The van der Waals surface area contributed by atoms with Crippen LogP contribution in [0.4, 0.5) is 17.1 Å². The Balaban J connectivity index is 1.04. The van der Waals surface area contributed by atoms with Gasteiger partial charge in [0.1, 0.15) is 22.3 Å². The van der Waals surface area contributed by atoms with Gasteiger partial charge in [-0.05, 0) is 91.6 Å². The zero-order valence-electron chi connectivity index (χ0n) is 34.1. The highest BCUT2D eigenvalue weighted by molar-refractivity contribution is 6.21. The van der Waals surface area contributed by atoms with Crippen LogP contribution in [0.25, 0.3) is 110 Å². The second-order valence-electron chi connectivity index (χ2n) is 16.3. The molecule has 11 aromatic carbocycles. The molecule has 0 spiro atoms. The van der Waals surface area contributed by atoms with Crippen LogP contribution in [0.15, 0.2) is 233 Å². The number of para-hydroxylation sites is 2. The molecule has 0 saturated heterocycles. The molecule has 13 rings (SSSR count). The van der Waals surface area contributed by atoms with E-state index in [-0.39, 0.29) is 0 Å². The molecule has 0 aliphatic heterocycles. The van der Waals surface area contributed by atoms with Gasteiger partial charge in [0, 0.05) is 38.4 Å². The summed E-state index contributed by atoms with van der Waals surface area (Å²) in [5, 5.41) is 11.6. The SMILES string of the molecule is c1ccc(-c2cccc3c2oc2cccc(-c4ccc(N(c5cccc6c5ccc5ccccc56)c5ccc(-c6cccc7ccccc67)c6oc7ccccc7c56)cc4)c23)cc1. The van der Waals surface area contributed by atoms with Crippen LogP contribution >= 0.6 is 0 Å². The number of hydrogen-bond acceptors (Lipinski definition) is 3. The first-order valence-electron chi connectivity index (χ1n) is 21.5. The zero-order chi connectivity index (χ0) is 41.4. The van der Waals surface area contributed by atoms with Crippen molar-refractivity contribution in [3.8, 4) is 33.4 Å². The van der Waals surface area contributed by atoms with Crippen molar-refractivity contribution in [1.82, 2.24) is 0 Å². The Morgan fingerprint density at radius 1 is 0.270 bits per heavy atom. The van der Waals surface area contributed by atoms with E-state index in [2.05, 4.69) is 229 Å². The molecule has 0 aliphatic rings. The minimum absolute atomic E-state index is 0.858. The molecule has 0 radical (unpaired) electrons. The van der Waals surface area contributed by atoms with Crippen LogP contribution in [0.5, 0.6) is 0 Å². The standard InChI is InChI=1S/C60H37NO2/c1-2-14-39(15-3-1)46-23-11-26-52-57-45(22-13-29-56(57)63-59(46)52)41-30-33-42(34-31-41)61(53-27-12-25-47-44-20-7-5-17-40(44)32-35-49(47)53)54-37-36-50(48-24-10-18-38-16-4-6-19-43(38)48)60-58(54)51-21-8-9-28-55(51)62-60/h1-37H. The smallest absolute Gasteiger partial charge is 0.145 e. The topological polar surface area (TPSA) is 29.5 Å². The largest absolute Gasteiger partial charge is 0.455 e. The average molecular weight is 804 g/mol. The monoisotopic (exact) mass is 803 g/mol. The molecular weight excluding hydrogens is 767 g/mol. The Morgan fingerprint density at radius 3 is 1.75 bits per heavy atom. The van der Waals surface area contributed by atoms with E-state index in [1.807, 2.05) is 0 Å². The van der Waals surface area contributed by atoms with E-state index in [9.17, 15) is 0 Å². The minimum atomic E-state index is 0.858. The third-order valence-corrected chi connectivity index (χ3v) is 12.9. The number of hydrogen-bond donors (Lipinski definition) is 0. The van der Waals surface area contributed by atoms with Gasteiger partial charge in [0.15, 0.2) is 0 Å². The maximum atomic E-state index is 6.94. The van der Waals surface area contributed by atoms with Gasteiger partial charge in [0.05, 0.1) is 16.8 Å². The molecule has 0 fully saturated rings. The van der Waals surface area contributed by atoms with Gasteiger partial charge in [0.2, 0.25) is 0 Å². The highest BCUT2D eigenvalue weighted by Crippen LogP contribution is 2.49. The fourth-order valence-corrected chi connectivity index (χ4v) is 10.0. The maximum absolute atomic E-state index is 6.94. The van der Waals surface area contributed by atoms with Crippen LogP contribution in [0.2, 0.25) is 0 Å². The molecule has 0 saturated carbocycles. The Labute approximate surface area is 363 Å². The molecule has 2 aromatic heterocycles. The van der Waals surface area contributed by atoms with E-state index in [0.717, 1.165) is 94.3 Å². The van der Waals surface area contributed by atoms with Crippen LogP contribution in [-0.2, 0) is 0 Å². The molecule has 3 heteroatoms. The van der Waals surface area contributed by atoms with Crippen LogP contribution in [0, 0.1) is 0 Å². The molecule has 0 N–H and O–H groups in total. The second-order valence-corrected chi connectivity index (χ2v) is 16.3. The Kier molecular flexibility index (Phi) is 7.91.